The van der Waals surface area contributed by atoms with Crippen LogP contribution < -0.4 is 0 Å². The van der Waals surface area contributed by atoms with Crippen molar-refractivity contribution in [3.63, 3.8) is 0 Å². The smallest absolute Gasteiger partial charge is 0.338 e. The van der Waals surface area contributed by atoms with Crippen LogP contribution in [0, 0.1) is 0 Å². The molecule has 1 heterocycles. The van der Waals surface area contributed by atoms with Crippen LogP contribution in [0.15, 0.2) is 40.8 Å². The van der Waals surface area contributed by atoms with Gasteiger partial charge in [-0.2, -0.15) is 0 Å². The van der Waals surface area contributed by atoms with Gasteiger partial charge in [-0.25, -0.2) is 9.78 Å². The van der Waals surface area contributed by atoms with Crippen molar-refractivity contribution < 1.29 is 22.2 Å². The number of likely N-dealkylation sites (N-methyl/N-ethyl adjacent to an activating group) is 1. The number of ether oxygens (including phenoxy) is 1. The van der Waals surface area contributed by atoms with E-state index in [2.05, 4.69) is 4.98 Å². The van der Waals surface area contributed by atoms with Crippen LogP contribution >= 0.6 is 23.2 Å². The summed E-state index contributed by atoms with van der Waals surface area (Å²) < 4.78 is 54.6. The van der Waals surface area contributed by atoms with Crippen molar-refractivity contribution in [2.45, 2.75) is 0 Å². The van der Waals surface area contributed by atoms with Gasteiger partial charge in [0.15, 0.2) is 5.58 Å². The third kappa shape index (κ3) is 4.31. The van der Waals surface area contributed by atoms with Gasteiger partial charge in [0.25, 0.3) is 0 Å². The highest BCUT2D eigenvalue weighted by Gasteiger charge is 2.13. The Hall–Kier alpha value is -2.08. The molecule has 0 aliphatic heterocycles. The number of benzene rings is 2. The van der Waals surface area contributed by atoms with E-state index in [1.807, 2.05) is 0 Å². The first kappa shape index (κ1) is 11.5. The maximum absolute atomic E-state index is 12.3. The quantitative estimate of drug-likeness (QED) is 0.605. The second-order valence-corrected chi connectivity index (χ2v) is 6.02. The molecule has 0 unspecified atom stereocenters. The summed E-state index contributed by atoms with van der Waals surface area (Å²) >= 11 is 12.0. The first-order valence-electron chi connectivity index (χ1n) is 10.2. The second-order valence-electron chi connectivity index (χ2n) is 5.15. The molecule has 3 aromatic rings. The van der Waals surface area contributed by atoms with Crippen LogP contribution in [0.3, 0.4) is 0 Å². The molecule has 0 aliphatic carbocycles. The number of carbonyl (C=O) groups is 1. The molecule has 1 aromatic heterocycles. The van der Waals surface area contributed by atoms with Crippen LogP contribution in [0.25, 0.3) is 22.6 Å². The van der Waals surface area contributed by atoms with Gasteiger partial charge in [-0.05, 0) is 50.3 Å². The van der Waals surface area contributed by atoms with E-state index >= 15 is 0 Å². The van der Waals surface area contributed by atoms with Crippen LogP contribution in [-0.4, -0.2) is 43.0 Å². The van der Waals surface area contributed by atoms with Gasteiger partial charge in [0.2, 0.25) is 5.89 Å². The number of rotatable bonds is 5. The summed E-state index contributed by atoms with van der Waals surface area (Å²) in [4.78, 5) is 17.0. The molecule has 0 saturated carbocycles. The largest absolute Gasteiger partial charge is 0.461 e. The lowest BCUT2D eigenvalue weighted by Crippen LogP contribution is -2.20. The summed E-state index contributed by atoms with van der Waals surface area (Å²) in [5.74, 6) is -0.502. The predicted molar refractivity (Wildman–Crippen MR) is 98.3 cm³/mol. The van der Waals surface area contributed by atoms with Crippen molar-refractivity contribution in [2.24, 2.45) is 0 Å². The van der Waals surface area contributed by atoms with E-state index in [1.54, 1.807) is 24.3 Å². The highest BCUT2D eigenvalue weighted by Crippen LogP contribution is 2.29. The molecule has 5 nitrogen and oxygen atoms in total. The van der Waals surface area contributed by atoms with Crippen LogP contribution in [0.4, 0.5) is 0 Å². The highest BCUT2D eigenvalue weighted by atomic mass is 35.5. The van der Waals surface area contributed by atoms with E-state index in [1.165, 1.54) is 12.1 Å². The summed E-state index contributed by atoms with van der Waals surface area (Å²) in [5, 5.41) is 0.828. The third-order valence-electron chi connectivity index (χ3n) is 3.28. The van der Waals surface area contributed by atoms with E-state index < -0.39 is 33.1 Å². The van der Waals surface area contributed by atoms with Crippen molar-refractivity contribution in [2.75, 3.05) is 27.1 Å². The lowest BCUT2D eigenvalue weighted by atomic mass is 10.2. The minimum atomic E-state index is -2.85. The number of aromatic nitrogens is 1. The number of carbonyl (C=O) groups excluding carboxylic acids is 1. The van der Waals surface area contributed by atoms with Crippen molar-refractivity contribution in [1.82, 2.24) is 9.88 Å². The minimum absolute atomic E-state index is 0.133. The SMILES string of the molecule is [2H]C([2H])([2H])N(CCOC(=O)c1ccc2nc(-c3cc(Cl)cc(Cl)c3)oc2c1)C([2H])([2H])[2H]. The van der Waals surface area contributed by atoms with Crippen molar-refractivity contribution in [3.05, 3.63) is 52.0 Å². The fourth-order valence-electron chi connectivity index (χ4n) is 2.17. The zero-order valence-electron chi connectivity index (χ0n) is 18.8. The average molecular weight is 385 g/mol. The molecular formula is C18H16Cl2N2O3. The molecular weight excluding hydrogens is 363 g/mol. The zero-order valence-corrected chi connectivity index (χ0v) is 14.3. The number of hydrogen-bond donors (Lipinski definition) is 0. The monoisotopic (exact) mass is 384 g/mol. The molecule has 7 heteroatoms. The molecule has 0 saturated heterocycles. The summed E-state index contributed by atoms with van der Waals surface area (Å²) in [5.41, 5.74) is 1.49. The molecule has 0 radical (unpaired) electrons. The van der Waals surface area contributed by atoms with E-state index in [0.717, 1.165) is 0 Å². The Balaban J connectivity index is 1.73. The number of oxazole rings is 1. The summed E-state index contributed by atoms with van der Waals surface area (Å²) in [7, 11) is 0. The van der Waals surface area contributed by atoms with E-state index in [0.29, 0.717) is 31.6 Å². The van der Waals surface area contributed by atoms with Gasteiger partial charge in [-0.15, -0.1) is 0 Å². The standard InChI is InChI=1S/C18H16Cl2N2O3/c1-22(2)5-6-24-18(23)11-3-4-15-16(9-11)25-17(21-15)12-7-13(19)10-14(20)8-12/h3-4,7-10H,5-6H2,1-2H3/i1D3,2D3. The number of halogens is 2. The fourth-order valence-corrected chi connectivity index (χ4v) is 2.69. The van der Waals surface area contributed by atoms with Crippen LogP contribution in [0.1, 0.15) is 18.6 Å². The zero-order chi connectivity index (χ0) is 23.0. The molecule has 25 heavy (non-hydrogen) atoms. The molecule has 0 bridgehead atoms. The van der Waals surface area contributed by atoms with E-state index in [9.17, 15) is 4.79 Å². The van der Waals surface area contributed by atoms with Gasteiger partial charge in [-0.3, -0.25) is 0 Å². The summed E-state index contributed by atoms with van der Waals surface area (Å²) in [6.45, 7) is -6.61. The second kappa shape index (κ2) is 7.44. The normalized spacial score (nSPS) is 15.8. The van der Waals surface area contributed by atoms with Gasteiger partial charge in [0.1, 0.15) is 12.1 Å². The van der Waals surface area contributed by atoms with Gasteiger partial charge in [0.05, 0.1) is 5.56 Å². The first-order chi connectivity index (χ1) is 14.3. The van der Waals surface area contributed by atoms with Crippen molar-refractivity contribution >= 4 is 40.3 Å². The minimum Gasteiger partial charge on any atom is -0.461 e. The topological polar surface area (TPSA) is 55.6 Å². The maximum atomic E-state index is 12.3. The lowest BCUT2D eigenvalue weighted by Gasteiger charge is -2.09. The number of fused-ring (bicyclic) bond motifs is 1. The maximum Gasteiger partial charge on any atom is 0.338 e. The Labute approximate surface area is 163 Å². The molecule has 0 aliphatic rings. The van der Waals surface area contributed by atoms with Gasteiger partial charge < -0.3 is 14.1 Å². The molecule has 3 rings (SSSR count). The Morgan fingerprint density at radius 3 is 2.72 bits per heavy atom. The summed E-state index contributed by atoms with van der Waals surface area (Å²) in [6.07, 6.45) is 0. The van der Waals surface area contributed by atoms with Crippen molar-refractivity contribution in [3.8, 4) is 11.5 Å². The molecule has 0 spiro atoms. The molecule has 130 valence electrons. The molecule has 2 aromatic carbocycles. The molecule has 0 N–H and O–H groups in total. The molecule has 0 amide bonds. The van der Waals surface area contributed by atoms with Gasteiger partial charge >= 0.3 is 5.97 Å². The number of esters is 1. The molecule has 0 fully saturated rings. The Morgan fingerprint density at radius 1 is 1.24 bits per heavy atom. The average Bonchev–Trinajstić information content (AvgIpc) is 3.05. The van der Waals surface area contributed by atoms with E-state index in [4.69, 9.17) is 40.6 Å². The van der Waals surface area contributed by atoms with Crippen molar-refractivity contribution in [1.29, 1.82) is 0 Å². The van der Waals surface area contributed by atoms with Crippen LogP contribution in [0.5, 0.6) is 0 Å². The van der Waals surface area contributed by atoms with Crippen LogP contribution in [0.2, 0.25) is 10.0 Å². The predicted octanol–water partition coefficient (Wildman–Crippen LogP) is 4.52. The fraction of sp³-hybridized carbons (Fsp3) is 0.222. The Morgan fingerprint density at radius 2 is 2.00 bits per heavy atom. The van der Waals surface area contributed by atoms with Gasteiger partial charge in [-0.1, -0.05) is 23.2 Å². The molecule has 0 atom stereocenters. The lowest BCUT2D eigenvalue weighted by molar-refractivity contribution is 0.0482. The third-order valence-corrected chi connectivity index (χ3v) is 3.72. The first-order valence-corrected chi connectivity index (χ1v) is 7.92. The summed E-state index contributed by atoms with van der Waals surface area (Å²) in [6, 6.07) is 9.29. The number of nitrogens with zero attached hydrogens (tertiary/aromatic N) is 2. The number of hydrogen-bond acceptors (Lipinski definition) is 5. The van der Waals surface area contributed by atoms with E-state index in [-0.39, 0.29) is 11.5 Å². The van der Waals surface area contributed by atoms with Gasteiger partial charge in [0, 0.05) is 30.4 Å². The Bertz CT molecular complexity index is 1080. The van der Waals surface area contributed by atoms with Crippen LogP contribution in [-0.2, 0) is 4.74 Å². The highest BCUT2D eigenvalue weighted by molar-refractivity contribution is 6.35. The Kier molecular flexibility index (Phi) is 3.43.